The molecule has 1 saturated heterocycles. The Hall–Kier alpha value is -1.63. The Labute approximate surface area is 101 Å². The van der Waals surface area contributed by atoms with E-state index in [9.17, 15) is 23.3 Å². The quantitative estimate of drug-likeness (QED) is 0.656. The number of hydrogen-bond donors (Lipinski definition) is 1. The van der Waals surface area contributed by atoms with E-state index in [1.54, 1.807) is 0 Å². The molecule has 1 fully saturated rings. The van der Waals surface area contributed by atoms with Gasteiger partial charge in [-0.05, 0) is 31.5 Å². The summed E-state index contributed by atoms with van der Waals surface area (Å²) >= 11 is 0. The molecule has 0 amide bonds. The Kier molecular flexibility index (Phi) is 3.25. The van der Waals surface area contributed by atoms with Crippen LogP contribution in [0.25, 0.3) is 0 Å². The van der Waals surface area contributed by atoms with Gasteiger partial charge < -0.3 is 5.32 Å². The minimum absolute atomic E-state index is 0.229. The van der Waals surface area contributed by atoms with Gasteiger partial charge in [0.25, 0.3) is 5.69 Å². The van der Waals surface area contributed by atoms with E-state index in [0.29, 0.717) is 18.1 Å². The average Bonchev–Trinajstić information content (AvgIpc) is 2.80. The zero-order chi connectivity index (χ0) is 13.3. The fourth-order valence-electron chi connectivity index (χ4n) is 2.12. The fourth-order valence-corrected chi connectivity index (χ4v) is 2.12. The minimum atomic E-state index is -4.56. The van der Waals surface area contributed by atoms with Gasteiger partial charge in [-0.25, -0.2) is 0 Å². The lowest BCUT2D eigenvalue weighted by Crippen LogP contribution is -2.15. The standard InChI is InChI=1S/C11H11F3N2O2/c12-11(13,14)7-3-4-8(9-2-1-5-15-9)10(6-7)16(17)18/h3-4,6,9,15H,1-2,5H2. The molecule has 1 aromatic rings. The number of hydrogen-bond acceptors (Lipinski definition) is 3. The summed E-state index contributed by atoms with van der Waals surface area (Å²) < 4.78 is 37.5. The summed E-state index contributed by atoms with van der Waals surface area (Å²) in [5.74, 6) is 0. The largest absolute Gasteiger partial charge is 0.416 e. The van der Waals surface area contributed by atoms with Crippen LogP contribution in [0.5, 0.6) is 0 Å². The molecule has 4 nitrogen and oxygen atoms in total. The van der Waals surface area contributed by atoms with Crippen LogP contribution >= 0.6 is 0 Å². The molecule has 1 heterocycles. The van der Waals surface area contributed by atoms with Crippen molar-refractivity contribution in [3.8, 4) is 0 Å². The first-order valence-electron chi connectivity index (χ1n) is 5.48. The molecular weight excluding hydrogens is 249 g/mol. The summed E-state index contributed by atoms with van der Waals surface area (Å²) in [6.07, 6.45) is -3.00. The maximum absolute atomic E-state index is 12.5. The molecule has 98 valence electrons. The molecule has 0 radical (unpaired) electrons. The predicted octanol–water partition coefficient (Wildman–Crippen LogP) is 3.04. The second-order valence-electron chi connectivity index (χ2n) is 4.18. The number of halogens is 3. The first-order chi connectivity index (χ1) is 8.39. The fraction of sp³-hybridized carbons (Fsp3) is 0.455. The molecule has 0 aliphatic carbocycles. The summed E-state index contributed by atoms with van der Waals surface area (Å²) in [5.41, 5.74) is -1.13. The van der Waals surface area contributed by atoms with Crippen molar-refractivity contribution in [1.29, 1.82) is 0 Å². The number of benzene rings is 1. The highest BCUT2D eigenvalue weighted by molar-refractivity contribution is 5.46. The minimum Gasteiger partial charge on any atom is -0.310 e. The molecule has 0 saturated carbocycles. The number of nitro benzene ring substituents is 1. The van der Waals surface area contributed by atoms with Gasteiger partial charge in [-0.3, -0.25) is 10.1 Å². The lowest BCUT2D eigenvalue weighted by Gasteiger charge is -2.13. The third-order valence-electron chi connectivity index (χ3n) is 2.99. The Morgan fingerprint density at radius 2 is 2.11 bits per heavy atom. The average molecular weight is 260 g/mol. The van der Waals surface area contributed by atoms with Crippen molar-refractivity contribution in [2.75, 3.05) is 6.54 Å². The molecular formula is C11H11F3N2O2. The Morgan fingerprint density at radius 1 is 1.39 bits per heavy atom. The summed E-state index contributed by atoms with van der Waals surface area (Å²) in [6, 6.07) is 2.47. The highest BCUT2D eigenvalue weighted by atomic mass is 19.4. The third-order valence-corrected chi connectivity index (χ3v) is 2.99. The van der Waals surface area contributed by atoms with Crippen LogP contribution in [0, 0.1) is 10.1 Å². The van der Waals surface area contributed by atoms with E-state index < -0.39 is 22.4 Å². The van der Waals surface area contributed by atoms with Crippen LogP contribution in [-0.2, 0) is 6.18 Å². The van der Waals surface area contributed by atoms with E-state index in [4.69, 9.17) is 0 Å². The molecule has 1 unspecified atom stereocenters. The molecule has 1 aromatic carbocycles. The van der Waals surface area contributed by atoms with E-state index in [0.717, 1.165) is 19.0 Å². The van der Waals surface area contributed by atoms with Gasteiger partial charge in [0.15, 0.2) is 0 Å². The van der Waals surface area contributed by atoms with E-state index in [1.165, 1.54) is 6.07 Å². The summed E-state index contributed by atoms with van der Waals surface area (Å²) in [5, 5.41) is 13.9. The predicted molar refractivity (Wildman–Crippen MR) is 58.1 cm³/mol. The molecule has 1 aliphatic heterocycles. The van der Waals surface area contributed by atoms with Crippen LogP contribution in [0.15, 0.2) is 18.2 Å². The normalized spacial score (nSPS) is 20.1. The van der Waals surface area contributed by atoms with Crippen molar-refractivity contribution in [3.05, 3.63) is 39.4 Å². The first-order valence-corrected chi connectivity index (χ1v) is 5.48. The van der Waals surface area contributed by atoms with Gasteiger partial charge in [-0.15, -0.1) is 0 Å². The number of nitrogens with one attached hydrogen (secondary N) is 1. The van der Waals surface area contributed by atoms with Crippen LogP contribution in [-0.4, -0.2) is 11.5 Å². The molecule has 1 aliphatic rings. The summed E-state index contributed by atoms with van der Waals surface area (Å²) in [6.45, 7) is 0.725. The molecule has 7 heteroatoms. The van der Waals surface area contributed by atoms with E-state index in [-0.39, 0.29) is 6.04 Å². The van der Waals surface area contributed by atoms with Gasteiger partial charge in [0.2, 0.25) is 0 Å². The second-order valence-corrected chi connectivity index (χ2v) is 4.18. The maximum Gasteiger partial charge on any atom is 0.416 e. The zero-order valence-corrected chi connectivity index (χ0v) is 9.33. The van der Waals surface area contributed by atoms with Crippen molar-refractivity contribution >= 4 is 5.69 Å². The molecule has 0 aromatic heterocycles. The SMILES string of the molecule is O=[N+]([O-])c1cc(C(F)(F)F)ccc1C1CCCN1. The molecule has 0 bridgehead atoms. The van der Waals surface area contributed by atoms with Gasteiger partial charge in [-0.1, -0.05) is 0 Å². The van der Waals surface area contributed by atoms with E-state index >= 15 is 0 Å². The monoisotopic (exact) mass is 260 g/mol. The van der Waals surface area contributed by atoms with Gasteiger partial charge >= 0.3 is 6.18 Å². The van der Waals surface area contributed by atoms with Crippen LogP contribution in [0.4, 0.5) is 18.9 Å². The van der Waals surface area contributed by atoms with Gasteiger partial charge in [0, 0.05) is 17.7 Å². The summed E-state index contributed by atoms with van der Waals surface area (Å²) in [7, 11) is 0. The molecule has 2 rings (SSSR count). The number of rotatable bonds is 2. The van der Waals surface area contributed by atoms with Crippen LogP contribution in [0.3, 0.4) is 0 Å². The van der Waals surface area contributed by atoms with Crippen LogP contribution in [0.1, 0.15) is 30.0 Å². The molecule has 1 N–H and O–H groups in total. The zero-order valence-electron chi connectivity index (χ0n) is 9.33. The van der Waals surface area contributed by atoms with Crippen LogP contribution in [0.2, 0.25) is 0 Å². The molecule has 1 atom stereocenters. The number of alkyl halides is 3. The lowest BCUT2D eigenvalue weighted by molar-refractivity contribution is -0.386. The molecule has 0 spiro atoms. The van der Waals surface area contributed by atoms with Crippen molar-refractivity contribution in [1.82, 2.24) is 5.32 Å². The maximum atomic E-state index is 12.5. The topological polar surface area (TPSA) is 55.2 Å². The highest BCUT2D eigenvalue weighted by Crippen LogP contribution is 2.36. The first kappa shape index (κ1) is 12.8. The Bertz CT molecular complexity index is 468. The smallest absolute Gasteiger partial charge is 0.310 e. The Morgan fingerprint density at radius 3 is 2.61 bits per heavy atom. The highest BCUT2D eigenvalue weighted by Gasteiger charge is 2.34. The van der Waals surface area contributed by atoms with Gasteiger partial charge in [-0.2, -0.15) is 13.2 Å². The van der Waals surface area contributed by atoms with E-state index in [2.05, 4.69) is 5.32 Å². The summed E-state index contributed by atoms with van der Waals surface area (Å²) in [4.78, 5) is 10.1. The van der Waals surface area contributed by atoms with Gasteiger partial charge in [0.05, 0.1) is 10.5 Å². The second kappa shape index (κ2) is 4.56. The van der Waals surface area contributed by atoms with Crippen molar-refractivity contribution < 1.29 is 18.1 Å². The van der Waals surface area contributed by atoms with E-state index in [1.807, 2.05) is 0 Å². The number of nitrogens with zero attached hydrogens (tertiary/aromatic N) is 1. The molecule has 18 heavy (non-hydrogen) atoms. The Balaban J connectivity index is 2.44. The van der Waals surface area contributed by atoms with Crippen LogP contribution < -0.4 is 5.32 Å². The van der Waals surface area contributed by atoms with Gasteiger partial charge in [0.1, 0.15) is 0 Å². The van der Waals surface area contributed by atoms with Crippen molar-refractivity contribution in [2.24, 2.45) is 0 Å². The third kappa shape index (κ3) is 2.45. The number of nitro groups is 1. The lowest BCUT2D eigenvalue weighted by atomic mass is 10.0. The van der Waals surface area contributed by atoms with Crippen molar-refractivity contribution in [2.45, 2.75) is 25.1 Å². The van der Waals surface area contributed by atoms with Crippen molar-refractivity contribution in [3.63, 3.8) is 0 Å².